The van der Waals surface area contributed by atoms with Gasteiger partial charge in [0.25, 0.3) is 0 Å². The van der Waals surface area contributed by atoms with Gasteiger partial charge in [-0.05, 0) is 24.0 Å². The SMILES string of the molecule is OB(O)c1ccc(C#Cc2ccc(B(O)O)cn2)nc1. The number of nitrogens with zero attached hydrogens (tertiary/aromatic N) is 2. The maximum atomic E-state index is 8.92. The molecule has 0 aliphatic rings. The van der Waals surface area contributed by atoms with Crippen LogP contribution in [0.3, 0.4) is 0 Å². The Morgan fingerprint density at radius 1 is 0.700 bits per heavy atom. The normalized spacial score (nSPS) is 9.60. The monoisotopic (exact) mass is 268 g/mol. The lowest BCUT2D eigenvalue weighted by molar-refractivity contribution is 0.424. The molecule has 0 saturated carbocycles. The van der Waals surface area contributed by atoms with Gasteiger partial charge in [0.15, 0.2) is 0 Å². The fourth-order valence-electron chi connectivity index (χ4n) is 1.39. The van der Waals surface area contributed by atoms with Crippen molar-refractivity contribution >= 4 is 25.2 Å². The fourth-order valence-corrected chi connectivity index (χ4v) is 1.39. The molecule has 0 atom stereocenters. The zero-order chi connectivity index (χ0) is 14.5. The molecule has 0 aliphatic carbocycles. The molecule has 0 unspecified atom stereocenters. The van der Waals surface area contributed by atoms with Gasteiger partial charge in [-0.25, -0.2) is 9.97 Å². The van der Waals surface area contributed by atoms with E-state index in [0.29, 0.717) is 11.4 Å². The minimum absolute atomic E-state index is 0.287. The predicted octanol–water partition coefficient (Wildman–Crippen LogP) is -2.76. The van der Waals surface area contributed by atoms with Gasteiger partial charge in [0.2, 0.25) is 0 Å². The van der Waals surface area contributed by atoms with E-state index in [4.69, 9.17) is 20.1 Å². The highest BCUT2D eigenvalue weighted by Gasteiger charge is 2.10. The molecule has 2 rings (SSSR count). The molecular weight excluding hydrogens is 258 g/mol. The standard InChI is InChI=1S/C12H10B2N2O4/c17-13(18)9-1-3-11(15-7-9)5-6-12-4-2-10(8-16-12)14(19)20/h1-4,7-8,17-20H. The average molecular weight is 268 g/mol. The van der Waals surface area contributed by atoms with E-state index in [2.05, 4.69) is 21.8 Å². The van der Waals surface area contributed by atoms with E-state index in [1.807, 2.05) is 0 Å². The van der Waals surface area contributed by atoms with Crippen LogP contribution in [0.4, 0.5) is 0 Å². The van der Waals surface area contributed by atoms with E-state index in [-0.39, 0.29) is 10.9 Å². The summed E-state index contributed by atoms with van der Waals surface area (Å²) in [6.07, 6.45) is 2.65. The van der Waals surface area contributed by atoms with Crippen molar-refractivity contribution in [3.8, 4) is 11.8 Å². The van der Waals surface area contributed by atoms with Gasteiger partial charge in [0.1, 0.15) is 11.4 Å². The first-order valence-electron chi connectivity index (χ1n) is 5.72. The van der Waals surface area contributed by atoms with Gasteiger partial charge < -0.3 is 20.1 Å². The van der Waals surface area contributed by atoms with Crippen molar-refractivity contribution in [2.45, 2.75) is 0 Å². The van der Waals surface area contributed by atoms with Crippen molar-refractivity contribution in [2.24, 2.45) is 0 Å². The molecule has 0 aromatic carbocycles. The molecule has 2 heterocycles. The van der Waals surface area contributed by atoms with Gasteiger partial charge in [0, 0.05) is 23.3 Å². The Morgan fingerprint density at radius 3 is 1.35 bits per heavy atom. The zero-order valence-corrected chi connectivity index (χ0v) is 10.3. The first-order valence-corrected chi connectivity index (χ1v) is 5.72. The van der Waals surface area contributed by atoms with Crippen LogP contribution in [0.25, 0.3) is 0 Å². The minimum Gasteiger partial charge on any atom is -0.423 e. The molecule has 0 radical (unpaired) electrons. The first kappa shape index (κ1) is 14.2. The van der Waals surface area contributed by atoms with Crippen LogP contribution < -0.4 is 10.9 Å². The van der Waals surface area contributed by atoms with E-state index in [1.165, 1.54) is 24.5 Å². The molecule has 4 N–H and O–H groups in total. The Labute approximate surface area is 116 Å². The van der Waals surface area contributed by atoms with Crippen molar-refractivity contribution in [3.63, 3.8) is 0 Å². The van der Waals surface area contributed by atoms with E-state index in [9.17, 15) is 0 Å². The Morgan fingerprint density at radius 2 is 1.10 bits per heavy atom. The lowest BCUT2D eigenvalue weighted by Crippen LogP contribution is -2.30. The highest BCUT2D eigenvalue weighted by molar-refractivity contribution is 6.58. The van der Waals surface area contributed by atoms with Crippen LogP contribution in [-0.2, 0) is 0 Å². The summed E-state index contributed by atoms with van der Waals surface area (Å²) in [6.45, 7) is 0. The van der Waals surface area contributed by atoms with E-state index in [0.717, 1.165) is 0 Å². The van der Waals surface area contributed by atoms with Crippen LogP contribution in [0, 0.1) is 11.8 Å². The molecule has 98 valence electrons. The Hall–Kier alpha value is -2.17. The maximum Gasteiger partial charge on any atom is 0.490 e. The van der Waals surface area contributed by atoms with Crippen LogP contribution in [0.1, 0.15) is 11.4 Å². The minimum atomic E-state index is -1.55. The molecular formula is C12H10B2N2O4. The summed E-state index contributed by atoms with van der Waals surface area (Å²) in [4.78, 5) is 7.92. The summed E-state index contributed by atoms with van der Waals surface area (Å²) in [7, 11) is -3.10. The number of pyridine rings is 2. The summed E-state index contributed by atoms with van der Waals surface area (Å²) >= 11 is 0. The molecule has 0 fully saturated rings. The quantitative estimate of drug-likeness (QED) is 0.347. The van der Waals surface area contributed by atoms with Crippen LogP contribution in [0.15, 0.2) is 36.7 Å². The second-order valence-corrected chi connectivity index (χ2v) is 3.95. The van der Waals surface area contributed by atoms with Gasteiger partial charge >= 0.3 is 14.2 Å². The van der Waals surface area contributed by atoms with Crippen molar-refractivity contribution in [3.05, 3.63) is 48.0 Å². The largest absolute Gasteiger partial charge is 0.490 e. The number of rotatable bonds is 2. The molecule has 2 aromatic heterocycles. The van der Waals surface area contributed by atoms with Crippen LogP contribution in [0.5, 0.6) is 0 Å². The van der Waals surface area contributed by atoms with Gasteiger partial charge in [-0.1, -0.05) is 12.1 Å². The highest BCUT2D eigenvalue weighted by Crippen LogP contribution is 1.93. The van der Waals surface area contributed by atoms with Gasteiger partial charge in [-0.2, -0.15) is 0 Å². The van der Waals surface area contributed by atoms with Gasteiger partial charge in [-0.15, -0.1) is 0 Å². The third-order valence-electron chi connectivity index (χ3n) is 2.49. The summed E-state index contributed by atoms with van der Waals surface area (Å²) in [5, 5.41) is 35.7. The van der Waals surface area contributed by atoms with Crippen LogP contribution >= 0.6 is 0 Å². The third kappa shape index (κ3) is 3.66. The Kier molecular flexibility index (Phi) is 4.50. The fraction of sp³-hybridized carbons (Fsp3) is 0. The van der Waals surface area contributed by atoms with Crippen molar-refractivity contribution in [1.29, 1.82) is 0 Å². The first-order chi connectivity index (χ1) is 9.56. The van der Waals surface area contributed by atoms with Crippen molar-refractivity contribution in [2.75, 3.05) is 0 Å². The number of hydrogen-bond acceptors (Lipinski definition) is 6. The molecule has 20 heavy (non-hydrogen) atoms. The van der Waals surface area contributed by atoms with Crippen LogP contribution in [-0.4, -0.2) is 44.3 Å². The average Bonchev–Trinajstić information content (AvgIpc) is 2.46. The molecule has 6 nitrogen and oxygen atoms in total. The smallest absolute Gasteiger partial charge is 0.423 e. The van der Waals surface area contributed by atoms with E-state index in [1.54, 1.807) is 12.1 Å². The Bertz CT molecular complexity index is 578. The highest BCUT2D eigenvalue weighted by atomic mass is 16.4. The zero-order valence-electron chi connectivity index (χ0n) is 10.3. The summed E-state index contributed by atoms with van der Waals surface area (Å²) in [5.74, 6) is 5.53. The van der Waals surface area contributed by atoms with E-state index < -0.39 is 14.2 Å². The molecule has 8 heteroatoms. The molecule has 0 spiro atoms. The van der Waals surface area contributed by atoms with Gasteiger partial charge in [-0.3, -0.25) is 0 Å². The molecule has 0 aliphatic heterocycles. The number of aromatic nitrogens is 2. The lowest BCUT2D eigenvalue weighted by Gasteiger charge is -1.98. The summed E-state index contributed by atoms with van der Waals surface area (Å²) < 4.78 is 0. The lowest BCUT2D eigenvalue weighted by atomic mass is 9.81. The summed E-state index contributed by atoms with van der Waals surface area (Å²) in [6, 6.07) is 6.15. The second-order valence-electron chi connectivity index (χ2n) is 3.95. The Balaban J connectivity index is 2.13. The topological polar surface area (TPSA) is 107 Å². The van der Waals surface area contributed by atoms with Crippen molar-refractivity contribution in [1.82, 2.24) is 9.97 Å². The number of hydrogen-bond donors (Lipinski definition) is 4. The van der Waals surface area contributed by atoms with E-state index >= 15 is 0 Å². The second kappa shape index (κ2) is 6.32. The van der Waals surface area contributed by atoms with Crippen molar-refractivity contribution < 1.29 is 20.1 Å². The molecule has 0 saturated heterocycles. The third-order valence-corrected chi connectivity index (χ3v) is 2.49. The van der Waals surface area contributed by atoms with Gasteiger partial charge in [0.05, 0.1) is 0 Å². The van der Waals surface area contributed by atoms with Crippen LogP contribution in [0.2, 0.25) is 0 Å². The molecule has 0 amide bonds. The maximum absolute atomic E-state index is 8.92. The molecule has 0 bridgehead atoms. The molecule has 2 aromatic rings. The summed E-state index contributed by atoms with van der Waals surface area (Å²) in [5.41, 5.74) is 1.50. The predicted molar refractivity (Wildman–Crippen MR) is 74.1 cm³/mol.